The molecular weight excluding hydrogens is 222 g/mol. The van der Waals surface area contributed by atoms with Crippen LogP contribution in [0.3, 0.4) is 0 Å². The van der Waals surface area contributed by atoms with Gasteiger partial charge in [-0.25, -0.2) is 4.98 Å². The van der Waals surface area contributed by atoms with Gasteiger partial charge in [0.15, 0.2) is 0 Å². The van der Waals surface area contributed by atoms with Crippen LogP contribution < -0.4 is 0 Å². The summed E-state index contributed by atoms with van der Waals surface area (Å²) in [6, 6.07) is 3.71. The number of nitrogens with zero attached hydrogens (tertiary/aromatic N) is 3. The van der Waals surface area contributed by atoms with Crippen molar-refractivity contribution in [3.05, 3.63) is 46.2 Å². The number of rotatable bonds is 1. The van der Waals surface area contributed by atoms with Crippen molar-refractivity contribution in [3.63, 3.8) is 0 Å². The molecule has 16 heavy (non-hydrogen) atoms. The number of hydrogen-bond donors (Lipinski definition) is 1. The highest BCUT2D eigenvalue weighted by molar-refractivity contribution is 7.11. The molecule has 0 saturated carbocycles. The van der Waals surface area contributed by atoms with Crippen LogP contribution in [0.25, 0.3) is 0 Å². The summed E-state index contributed by atoms with van der Waals surface area (Å²) in [5.74, 6) is 5.85. The molecule has 0 spiro atoms. The van der Waals surface area contributed by atoms with Gasteiger partial charge in [-0.2, -0.15) is 0 Å². The highest BCUT2D eigenvalue weighted by Crippen LogP contribution is 2.06. The molecule has 78 valence electrons. The van der Waals surface area contributed by atoms with Crippen LogP contribution in [-0.2, 0) is 0 Å². The maximum Gasteiger partial charge on any atom is 0.139 e. The Morgan fingerprint density at radius 1 is 1.44 bits per heavy atom. The minimum Gasteiger partial charge on any atom is -0.411 e. The number of pyridine rings is 1. The van der Waals surface area contributed by atoms with Crippen molar-refractivity contribution < 1.29 is 5.21 Å². The summed E-state index contributed by atoms with van der Waals surface area (Å²) < 4.78 is 0. The van der Waals surface area contributed by atoms with E-state index in [0.717, 1.165) is 5.56 Å². The molecule has 0 aliphatic rings. The van der Waals surface area contributed by atoms with Crippen molar-refractivity contribution in [2.45, 2.75) is 0 Å². The third kappa shape index (κ3) is 2.65. The second kappa shape index (κ2) is 5.05. The van der Waals surface area contributed by atoms with Gasteiger partial charge in [-0.3, -0.25) is 4.98 Å². The van der Waals surface area contributed by atoms with Crippen molar-refractivity contribution in [2.75, 3.05) is 0 Å². The average molecular weight is 229 g/mol. The fraction of sp³-hybridized carbons (Fsp3) is 0. The van der Waals surface area contributed by atoms with Crippen LogP contribution in [0.4, 0.5) is 0 Å². The van der Waals surface area contributed by atoms with Gasteiger partial charge in [0, 0.05) is 23.3 Å². The highest BCUT2D eigenvalue weighted by atomic mass is 32.1. The molecular formula is C11H7N3OS. The quantitative estimate of drug-likeness (QED) is 0.351. The van der Waals surface area contributed by atoms with E-state index in [1.54, 1.807) is 17.8 Å². The van der Waals surface area contributed by atoms with Gasteiger partial charge < -0.3 is 5.21 Å². The van der Waals surface area contributed by atoms with Crippen LogP contribution in [-0.4, -0.2) is 21.4 Å². The summed E-state index contributed by atoms with van der Waals surface area (Å²) in [7, 11) is 0. The number of thiazole rings is 1. The zero-order chi connectivity index (χ0) is 11.2. The first kappa shape index (κ1) is 10.3. The topological polar surface area (TPSA) is 58.4 Å². The molecule has 2 rings (SSSR count). The zero-order valence-corrected chi connectivity index (χ0v) is 8.98. The predicted molar refractivity (Wildman–Crippen MR) is 61.7 cm³/mol. The van der Waals surface area contributed by atoms with E-state index < -0.39 is 0 Å². The Balaban J connectivity index is 2.18. The van der Waals surface area contributed by atoms with Gasteiger partial charge in [0.25, 0.3) is 0 Å². The maximum absolute atomic E-state index is 8.33. The SMILES string of the molecule is ON=Cc1nc(C#Cc2cccnc2)cs1. The van der Waals surface area contributed by atoms with Gasteiger partial charge in [0.05, 0.1) is 0 Å². The number of oxime groups is 1. The predicted octanol–water partition coefficient (Wildman–Crippen LogP) is 1.75. The lowest BCUT2D eigenvalue weighted by molar-refractivity contribution is 0.322. The summed E-state index contributed by atoms with van der Waals surface area (Å²) in [5.41, 5.74) is 1.50. The second-order valence-corrected chi connectivity index (χ2v) is 3.70. The van der Waals surface area contributed by atoms with Crippen LogP contribution in [0.2, 0.25) is 0 Å². The fourth-order valence-electron chi connectivity index (χ4n) is 1.03. The maximum atomic E-state index is 8.33. The Morgan fingerprint density at radius 3 is 3.12 bits per heavy atom. The smallest absolute Gasteiger partial charge is 0.139 e. The lowest BCUT2D eigenvalue weighted by Gasteiger charge is -1.84. The van der Waals surface area contributed by atoms with E-state index in [2.05, 4.69) is 27.0 Å². The molecule has 0 unspecified atom stereocenters. The Hall–Kier alpha value is -2.19. The van der Waals surface area contributed by atoms with Gasteiger partial charge in [-0.15, -0.1) is 11.3 Å². The van der Waals surface area contributed by atoms with Crippen molar-refractivity contribution in [3.8, 4) is 11.8 Å². The molecule has 5 heteroatoms. The summed E-state index contributed by atoms with van der Waals surface area (Å²) in [6.45, 7) is 0. The van der Waals surface area contributed by atoms with Crippen LogP contribution in [0.1, 0.15) is 16.3 Å². The molecule has 0 amide bonds. The Bertz CT molecular complexity index is 551. The van der Waals surface area contributed by atoms with Gasteiger partial charge in [-0.1, -0.05) is 11.1 Å². The zero-order valence-electron chi connectivity index (χ0n) is 8.16. The van der Waals surface area contributed by atoms with Gasteiger partial charge >= 0.3 is 0 Å². The van der Waals surface area contributed by atoms with Crippen LogP contribution in [0, 0.1) is 11.8 Å². The van der Waals surface area contributed by atoms with E-state index in [1.807, 2.05) is 12.1 Å². The molecule has 0 fully saturated rings. The second-order valence-electron chi connectivity index (χ2n) is 2.81. The number of aromatic nitrogens is 2. The number of hydrogen-bond acceptors (Lipinski definition) is 5. The standard InChI is InChI=1S/C11H7N3OS/c15-13-7-11-14-10(8-16-11)4-3-9-2-1-5-12-6-9/h1-2,5-8,15H. The van der Waals surface area contributed by atoms with E-state index in [0.29, 0.717) is 10.7 Å². The van der Waals surface area contributed by atoms with E-state index in [1.165, 1.54) is 17.6 Å². The molecule has 2 aromatic heterocycles. The third-order valence-corrected chi connectivity index (χ3v) is 2.47. The van der Waals surface area contributed by atoms with E-state index in [4.69, 9.17) is 5.21 Å². The summed E-state index contributed by atoms with van der Waals surface area (Å²) in [6.07, 6.45) is 4.67. The molecule has 0 radical (unpaired) electrons. The monoisotopic (exact) mass is 229 g/mol. The molecule has 2 aromatic rings. The first-order chi connectivity index (χ1) is 7.88. The lowest BCUT2D eigenvalue weighted by atomic mass is 10.3. The highest BCUT2D eigenvalue weighted by Gasteiger charge is 1.95. The Morgan fingerprint density at radius 2 is 2.38 bits per heavy atom. The van der Waals surface area contributed by atoms with Crippen LogP contribution in [0.5, 0.6) is 0 Å². The molecule has 0 aromatic carbocycles. The lowest BCUT2D eigenvalue weighted by Crippen LogP contribution is -1.80. The van der Waals surface area contributed by atoms with E-state index in [9.17, 15) is 0 Å². The first-order valence-corrected chi connectivity index (χ1v) is 5.31. The first-order valence-electron chi connectivity index (χ1n) is 4.43. The molecule has 4 nitrogen and oxygen atoms in total. The van der Waals surface area contributed by atoms with Crippen molar-refractivity contribution in [1.82, 2.24) is 9.97 Å². The fourth-order valence-corrected chi connectivity index (χ4v) is 1.63. The normalized spacial score (nSPS) is 10.0. The van der Waals surface area contributed by atoms with Crippen molar-refractivity contribution in [2.24, 2.45) is 5.16 Å². The molecule has 2 heterocycles. The minimum atomic E-state index is 0.623. The molecule has 0 atom stereocenters. The van der Waals surface area contributed by atoms with Gasteiger partial charge in [-0.05, 0) is 18.1 Å². The third-order valence-electron chi connectivity index (χ3n) is 1.69. The van der Waals surface area contributed by atoms with E-state index in [-0.39, 0.29) is 0 Å². The summed E-state index contributed by atoms with van der Waals surface area (Å²) >= 11 is 1.37. The Kier molecular flexibility index (Phi) is 3.26. The summed E-state index contributed by atoms with van der Waals surface area (Å²) in [4.78, 5) is 8.09. The molecule has 0 saturated heterocycles. The van der Waals surface area contributed by atoms with Crippen molar-refractivity contribution >= 4 is 17.6 Å². The van der Waals surface area contributed by atoms with Gasteiger partial charge in [0.1, 0.15) is 16.9 Å². The molecule has 1 N–H and O–H groups in total. The molecule has 0 bridgehead atoms. The largest absolute Gasteiger partial charge is 0.411 e. The average Bonchev–Trinajstić information content (AvgIpc) is 2.76. The van der Waals surface area contributed by atoms with Crippen LogP contribution >= 0.6 is 11.3 Å². The van der Waals surface area contributed by atoms with Crippen molar-refractivity contribution in [1.29, 1.82) is 0 Å². The minimum absolute atomic E-state index is 0.623. The molecule has 0 aliphatic carbocycles. The van der Waals surface area contributed by atoms with E-state index >= 15 is 0 Å². The summed E-state index contributed by atoms with van der Waals surface area (Å²) in [5, 5.41) is 13.7. The van der Waals surface area contributed by atoms with Gasteiger partial charge in [0.2, 0.25) is 0 Å². The molecule has 0 aliphatic heterocycles. The van der Waals surface area contributed by atoms with Crippen LogP contribution in [0.15, 0.2) is 35.1 Å². The Labute approximate surface area is 96.3 Å².